The summed E-state index contributed by atoms with van der Waals surface area (Å²) < 4.78 is 43.2. The summed E-state index contributed by atoms with van der Waals surface area (Å²) in [5.74, 6) is 0.331. The largest absolute Gasteiger partial charge is 0.496 e. The molecule has 0 spiro atoms. The number of nitrogens with zero attached hydrogens (tertiary/aromatic N) is 2. The second-order valence-corrected chi connectivity index (χ2v) is 4.52. The molecule has 20 heavy (non-hydrogen) atoms. The Kier molecular flexibility index (Phi) is 4.06. The lowest BCUT2D eigenvalue weighted by atomic mass is 10.1. The Morgan fingerprint density at radius 2 is 1.80 bits per heavy atom. The van der Waals surface area contributed by atoms with Crippen LogP contribution in [0.4, 0.5) is 13.2 Å². The standard InChI is InChI=1S/C12H7Cl2F3N2O/c1-20-9-3-2-6(13)4-7(9)8-5-10(12(15,16)17)19-11(14)18-8/h2-5H,1H3. The fourth-order valence-electron chi connectivity index (χ4n) is 1.58. The molecule has 1 heterocycles. The van der Waals surface area contributed by atoms with E-state index in [1.54, 1.807) is 6.07 Å². The van der Waals surface area contributed by atoms with E-state index < -0.39 is 17.2 Å². The molecule has 0 amide bonds. The van der Waals surface area contributed by atoms with Gasteiger partial charge in [0, 0.05) is 10.6 Å². The molecular weight excluding hydrogens is 316 g/mol. The van der Waals surface area contributed by atoms with Crippen LogP contribution >= 0.6 is 23.2 Å². The average molecular weight is 323 g/mol. The maximum atomic E-state index is 12.7. The van der Waals surface area contributed by atoms with Crippen LogP contribution in [0.1, 0.15) is 5.69 Å². The fraction of sp³-hybridized carbons (Fsp3) is 0.167. The zero-order valence-electron chi connectivity index (χ0n) is 10.0. The third-order valence-corrected chi connectivity index (χ3v) is 2.83. The van der Waals surface area contributed by atoms with Crippen LogP contribution in [0.2, 0.25) is 10.3 Å². The van der Waals surface area contributed by atoms with E-state index in [9.17, 15) is 13.2 Å². The first-order valence-electron chi connectivity index (χ1n) is 5.27. The molecule has 8 heteroatoms. The van der Waals surface area contributed by atoms with Gasteiger partial charge in [-0.25, -0.2) is 9.97 Å². The lowest BCUT2D eigenvalue weighted by Crippen LogP contribution is -2.09. The van der Waals surface area contributed by atoms with Crippen LogP contribution in [0.5, 0.6) is 5.75 Å². The number of hydrogen-bond donors (Lipinski definition) is 0. The van der Waals surface area contributed by atoms with Crippen molar-refractivity contribution in [2.75, 3.05) is 7.11 Å². The number of ether oxygens (including phenoxy) is 1. The minimum Gasteiger partial charge on any atom is -0.496 e. The fourth-order valence-corrected chi connectivity index (χ4v) is 1.94. The van der Waals surface area contributed by atoms with Crippen molar-refractivity contribution in [2.24, 2.45) is 0 Å². The van der Waals surface area contributed by atoms with Gasteiger partial charge < -0.3 is 4.74 Å². The van der Waals surface area contributed by atoms with Crippen LogP contribution in [-0.2, 0) is 6.18 Å². The van der Waals surface area contributed by atoms with Crippen LogP contribution in [-0.4, -0.2) is 17.1 Å². The summed E-state index contributed by atoms with van der Waals surface area (Å²) in [7, 11) is 1.39. The zero-order valence-corrected chi connectivity index (χ0v) is 11.5. The van der Waals surface area contributed by atoms with Crippen LogP contribution in [0.25, 0.3) is 11.3 Å². The Morgan fingerprint density at radius 1 is 1.10 bits per heavy atom. The van der Waals surface area contributed by atoms with Crippen molar-refractivity contribution in [3.8, 4) is 17.0 Å². The Balaban J connectivity index is 2.64. The van der Waals surface area contributed by atoms with E-state index in [1.165, 1.54) is 19.2 Å². The molecule has 0 bridgehead atoms. The molecule has 2 rings (SSSR count). The molecule has 0 fully saturated rings. The van der Waals surface area contributed by atoms with Gasteiger partial charge in [-0.2, -0.15) is 13.2 Å². The number of halogens is 5. The van der Waals surface area contributed by atoms with Crippen molar-refractivity contribution < 1.29 is 17.9 Å². The molecule has 0 radical (unpaired) electrons. The Labute approximate surface area is 122 Å². The highest BCUT2D eigenvalue weighted by Gasteiger charge is 2.33. The Bertz CT molecular complexity index is 647. The summed E-state index contributed by atoms with van der Waals surface area (Å²) in [5.41, 5.74) is -0.846. The van der Waals surface area contributed by atoms with Crippen molar-refractivity contribution in [3.05, 3.63) is 40.3 Å². The van der Waals surface area contributed by atoms with Gasteiger partial charge in [0.15, 0.2) is 0 Å². The highest BCUT2D eigenvalue weighted by Crippen LogP contribution is 2.35. The highest BCUT2D eigenvalue weighted by atomic mass is 35.5. The molecule has 0 saturated heterocycles. The van der Waals surface area contributed by atoms with Gasteiger partial charge in [0.25, 0.3) is 0 Å². The van der Waals surface area contributed by atoms with E-state index >= 15 is 0 Å². The molecule has 106 valence electrons. The van der Waals surface area contributed by atoms with Crippen LogP contribution in [0.15, 0.2) is 24.3 Å². The Morgan fingerprint density at radius 3 is 2.40 bits per heavy atom. The molecular formula is C12H7Cl2F3N2O. The third-order valence-electron chi connectivity index (χ3n) is 2.43. The predicted octanol–water partition coefficient (Wildman–Crippen LogP) is 4.48. The number of methoxy groups -OCH3 is 1. The molecule has 0 unspecified atom stereocenters. The zero-order chi connectivity index (χ0) is 14.9. The molecule has 0 atom stereocenters. The second kappa shape index (κ2) is 5.46. The van der Waals surface area contributed by atoms with Gasteiger partial charge in [-0.3, -0.25) is 0 Å². The lowest BCUT2D eigenvalue weighted by Gasteiger charge is -2.11. The molecule has 1 aromatic carbocycles. The monoisotopic (exact) mass is 322 g/mol. The van der Waals surface area contributed by atoms with Crippen molar-refractivity contribution in [1.29, 1.82) is 0 Å². The van der Waals surface area contributed by atoms with E-state index in [1.807, 2.05) is 0 Å². The number of hydrogen-bond acceptors (Lipinski definition) is 3. The lowest BCUT2D eigenvalue weighted by molar-refractivity contribution is -0.141. The molecule has 0 N–H and O–H groups in total. The summed E-state index contributed by atoms with van der Waals surface area (Å²) in [6.45, 7) is 0. The summed E-state index contributed by atoms with van der Waals surface area (Å²) in [5, 5.41) is -0.166. The van der Waals surface area contributed by atoms with Gasteiger partial charge >= 0.3 is 6.18 Å². The molecule has 1 aromatic heterocycles. The van der Waals surface area contributed by atoms with Gasteiger partial charge in [-0.15, -0.1) is 0 Å². The topological polar surface area (TPSA) is 35.0 Å². The van der Waals surface area contributed by atoms with Gasteiger partial charge in [-0.05, 0) is 35.9 Å². The summed E-state index contributed by atoms with van der Waals surface area (Å²) >= 11 is 11.4. The molecule has 3 nitrogen and oxygen atoms in total. The number of rotatable bonds is 2. The summed E-state index contributed by atoms with van der Waals surface area (Å²) in [4.78, 5) is 6.95. The van der Waals surface area contributed by atoms with Gasteiger partial charge in [0.05, 0.1) is 12.8 Å². The molecule has 2 aromatic rings. The summed E-state index contributed by atoms with van der Waals surface area (Å²) in [6, 6.07) is 5.32. The van der Waals surface area contributed by atoms with E-state index in [0.717, 1.165) is 6.07 Å². The third kappa shape index (κ3) is 3.13. The van der Waals surface area contributed by atoms with Crippen molar-refractivity contribution in [1.82, 2.24) is 9.97 Å². The van der Waals surface area contributed by atoms with Crippen LogP contribution in [0.3, 0.4) is 0 Å². The first kappa shape index (κ1) is 14.9. The second-order valence-electron chi connectivity index (χ2n) is 3.75. The maximum Gasteiger partial charge on any atom is 0.433 e. The van der Waals surface area contributed by atoms with E-state index in [4.69, 9.17) is 27.9 Å². The SMILES string of the molecule is COc1ccc(Cl)cc1-c1cc(C(F)(F)F)nc(Cl)n1. The van der Waals surface area contributed by atoms with Gasteiger partial charge in [0.2, 0.25) is 5.28 Å². The summed E-state index contributed by atoms with van der Waals surface area (Å²) in [6.07, 6.45) is -4.62. The number of alkyl halides is 3. The van der Waals surface area contributed by atoms with Gasteiger partial charge in [-0.1, -0.05) is 11.6 Å². The molecule has 0 aliphatic heterocycles. The van der Waals surface area contributed by atoms with Crippen molar-refractivity contribution in [2.45, 2.75) is 6.18 Å². The smallest absolute Gasteiger partial charge is 0.433 e. The van der Waals surface area contributed by atoms with Crippen LogP contribution in [0, 0.1) is 0 Å². The maximum absolute atomic E-state index is 12.7. The van der Waals surface area contributed by atoms with Gasteiger partial charge in [0.1, 0.15) is 11.4 Å². The normalized spacial score (nSPS) is 11.5. The van der Waals surface area contributed by atoms with Crippen molar-refractivity contribution >= 4 is 23.2 Å². The Hall–Kier alpha value is -1.53. The molecule has 0 aliphatic rings. The van der Waals surface area contributed by atoms with Crippen LogP contribution < -0.4 is 4.74 Å². The number of aromatic nitrogens is 2. The average Bonchev–Trinajstić information content (AvgIpc) is 2.37. The first-order chi connectivity index (χ1) is 9.31. The molecule has 0 aliphatic carbocycles. The predicted molar refractivity (Wildman–Crippen MR) is 69.0 cm³/mol. The minimum absolute atomic E-state index is 0.0170. The minimum atomic E-state index is -4.62. The molecule has 0 saturated carbocycles. The highest BCUT2D eigenvalue weighted by molar-refractivity contribution is 6.31. The number of benzene rings is 1. The first-order valence-corrected chi connectivity index (χ1v) is 6.02. The van der Waals surface area contributed by atoms with E-state index in [0.29, 0.717) is 16.3 Å². The van der Waals surface area contributed by atoms with E-state index in [2.05, 4.69) is 9.97 Å². The van der Waals surface area contributed by atoms with E-state index in [-0.39, 0.29) is 5.69 Å². The van der Waals surface area contributed by atoms with Crippen molar-refractivity contribution in [3.63, 3.8) is 0 Å². The quantitative estimate of drug-likeness (QED) is 0.765.